The molecule has 10 heteroatoms. The lowest BCUT2D eigenvalue weighted by molar-refractivity contribution is -0.123. The van der Waals surface area contributed by atoms with Gasteiger partial charge < -0.3 is 9.47 Å². The summed E-state index contributed by atoms with van der Waals surface area (Å²) in [6.07, 6.45) is 0. The van der Waals surface area contributed by atoms with Gasteiger partial charge in [0.15, 0.2) is 17.4 Å². The molecular weight excluding hydrogens is 342 g/mol. The highest BCUT2D eigenvalue weighted by Gasteiger charge is 2.27. The van der Waals surface area contributed by atoms with Crippen molar-refractivity contribution in [2.45, 2.75) is 11.8 Å². The summed E-state index contributed by atoms with van der Waals surface area (Å²) in [5.41, 5.74) is 0. The van der Waals surface area contributed by atoms with Crippen molar-refractivity contribution in [3.05, 3.63) is 35.7 Å². The minimum atomic E-state index is -0.810. The standard InChI is InChI=1S/C14H14F2N4O3S/c1-22-8-13(21)19-4-5-24-14-18-17-12(20(14)19)7-23-11-3-2-9(15)6-10(11)16/h2-3,6H,4-5,7-8H2,1H3. The van der Waals surface area contributed by atoms with Crippen molar-refractivity contribution in [1.29, 1.82) is 0 Å². The molecule has 1 aliphatic heterocycles. The second-order valence-electron chi connectivity index (χ2n) is 4.87. The number of rotatable bonds is 5. The van der Waals surface area contributed by atoms with Crippen LogP contribution in [-0.4, -0.2) is 46.8 Å². The minimum Gasteiger partial charge on any atom is -0.482 e. The molecule has 0 N–H and O–H groups in total. The fraction of sp³-hybridized carbons (Fsp3) is 0.357. The van der Waals surface area contributed by atoms with Crippen LogP contribution in [0.25, 0.3) is 0 Å². The quantitative estimate of drug-likeness (QED) is 0.806. The van der Waals surface area contributed by atoms with E-state index >= 15 is 0 Å². The molecule has 24 heavy (non-hydrogen) atoms. The van der Waals surface area contributed by atoms with Crippen molar-refractivity contribution in [2.24, 2.45) is 0 Å². The van der Waals surface area contributed by atoms with Crippen LogP contribution >= 0.6 is 11.8 Å². The van der Waals surface area contributed by atoms with E-state index in [1.54, 1.807) is 0 Å². The normalized spacial score (nSPS) is 13.7. The maximum atomic E-state index is 13.6. The fourth-order valence-corrected chi connectivity index (χ4v) is 3.08. The van der Waals surface area contributed by atoms with E-state index in [0.717, 1.165) is 12.1 Å². The van der Waals surface area contributed by atoms with Gasteiger partial charge in [-0.15, -0.1) is 10.2 Å². The Balaban J connectivity index is 1.80. The molecule has 128 valence electrons. The number of nitrogens with zero attached hydrogens (tertiary/aromatic N) is 4. The second-order valence-corrected chi connectivity index (χ2v) is 5.93. The number of thioether (sulfide) groups is 1. The zero-order valence-corrected chi connectivity index (χ0v) is 13.6. The molecule has 2 heterocycles. The molecule has 0 saturated heterocycles. The first-order chi connectivity index (χ1) is 11.6. The van der Waals surface area contributed by atoms with Gasteiger partial charge in [0.25, 0.3) is 5.91 Å². The first-order valence-corrected chi connectivity index (χ1v) is 8.03. The molecule has 3 rings (SSSR count). The molecule has 1 aromatic carbocycles. The molecule has 1 aliphatic rings. The van der Waals surface area contributed by atoms with Gasteiger partial charge in [-0.25, -0.2) is 18.5 Å². The van der Waals surface area contributed by atoms with Gasteiger partial charge in [0.2, 0.25) is 5.16 Å². The minimum absolute atomic E-state index is 0.0742. The van der Waals surface area contributed by atoms with Crippen molar-refractivity contribution in [1.82, 2.24) is 14.9 Å². The molecular formula is C14H14F2N4O3S. The number of ether oxygens (including phenoxy) is 2. The number of carbonyl (C=O) groups is 1. The lowest BCUT2D eigenvalue weighted by Crippen LogP contribution is -2.47. The molecule has 0 atom stereocenters. The third kappa shape index (κ3) is 3.34. The molecule has 0 fully saturated rings. The van der Waals surface area contributed by atoms with Gasteiger partial charge in [0.1, 0.15) is 19.0 Å². The van der Waals surface area contributed by atoms with E-state index in [4.69, 9.17) is 9.47 Å². The molecule has 7 nitrogen and oxygen atoms in total. The van der Waals surface area contributed by atoms with Gasteiger partial charge in [0, 0.05) is 18.9 Å². The number of fused-ring (bicyclic) bond motifs is 1. The van der Waals surface area contributed by atoms with Gasteiger partial charge in [-0.1, -0.05) is 11.8 Å². The fourth-order valence-electron chi connectivity index (χ4n) is 2.21. The first-order valence-electron chi connectivity index (χ1n) is 7.04. The van der Waals surface area contributed by atoms with E-state index in [1.165, 1.54) is 34.6 Å². The topological polar surface area (TPSA) is 69.5 Å². The Morgan fingerprint density at radius 3 is 2.96 bits per heavy atom. The number of halogens is 2. The molecule has 0 radical (unpaired) electrons. The molecule has 0 saturated carbocycles. The molecule has 2 aromatic rings. The smallest absolute Gasteiger partial charge is 0.267 e. The summed E-state index contributed by atoms with van der Waals surface area (Å²) in [6.45, 7) is 0.276. The molecule has 0 aliphatic carbocycles. The Bertz CT molecular complexity index is 756. The Labute approximate surface area is 140 Å². The van der Waals surface area contributed by atoms with Crippen LogP contribution in [0.2, 0.25) is 0 Å². The third-order valence-electron chi connectivity index (χ3n) is 3.26. The summed E-state index contributed by atoms with van der Waals surface area (Å²) < 4.78 is 38.3. The molecule has 1 amide bonds. The van der Waals surface area contributed by atoms with Crippen molar-refractivity contribution in [3.8, 4) is 5.75 Å². The Hall–Kier alpha value is -2.20. The lowest BCUT2D eigenvalue weighted by atomic mass is 10.3. The summed E-state index contributed by atoms with van der Waals surface area (Å²) in [4.78, 5) is 12.1. The summed E-state index contributed by atoms with van der Waals surface area (Å²) in [5.74, 6) is -0.825. The number of benzene rings is 1. The van der Waals surface area contributed by atoms with Gasteiger partial charge in [-0.05, 0) is 12.1 Å². The van der Waals surface area contributed by atoms with E-state index in [9.17, 15) is 13.6 Å². The first kappa shape index (κ1) is 16.7. The van der Waals surface area contributed by atoms with Gasteiger partial charge in [0.05, 0.1) is 6.54 Å². The zero-order valence-electron chi connectivity index (χ0n) is 12.7. The average Bonchev–Trinajstić information content (AvgIpc) is 2.97. The summed E-state index contributed by atoms with van der Waals surface area (Å²) in [6, 6.07) is 3.03. The molecule has 0 spiro atoms. The largest absolute Gasteiger partial charge is 0.482 e. The summed E-state index contributed by atoms with van der Waals surface area (Å²) in [5, 5.41) is 10.0. The van der Waals surface area contributed by atoms with Crippen LogP contribution < -0.4 is 9.75 Å². The maximum absolute atomic E-state index is 13.6. The van der Waals surface area contributed by atoms with E-state index < -0.39 is 11.6 Å². The van der Waals surface area contributed by atoms with E-state index in [1.807, 2.05) is 0 Å². The molecule has 1 aromatic heterocycles. The number of carbonyl (C=O) groups excluding carboxylic acids is 1. The Morgan fingerprint density at radius 1 is 1.38 bits per heavy atom. The number of amides is 1. The number of methoxy groups -OCH3 is 1. The van der Waals surface area contributed by atoms with Crippen LogP contribution in [0.5, 0.6) is 5.75 Å². The lowest BCUT2D eigenvalue weighted by Gasteiger charge is -2.28. The summed E-state index contributed by atoms with van der Waals surface area (Å²) >= 11 is 1.45. The van der Waals surface area contributed by atoms with Crippen LogP contribution in [0, 0.1) is 11.6 Å². The number of aromatic nitrogens is 3. The second kappa shape index (κ2) is 7.14. The van der Waals surface area contributed by atoms with Crippen molar-refractivity contribution < 1.29 is 23.0 Å². The van der Waals surface area contributed by atoms with Crippen LogP contribution in [0.3, 0.4) is 0 Å². The van der Waals surface area contributed by atoms with Crippen molar-refractivity contribution in [3.63, 3.8) is 0 Å². The zero-order chi connectivity index (χ0) is 17.1. The van der Waals surface area contributed by atoms with Crippen LogP contribution in [0.1, 0.15) is 5.82 Å². The van der Waals surface area contributed by atoms with Gasteiger partial charge in [-0.3, -0.25) is 4.79 Å². The number of hydrogen-bond donors (Lipinski definition) is 0. The SMILES string of the molecule is COCC(=O)N1CCSc2nnc(COc3ccc(F)cc3F)n21. The predicted molar refractivity (Wildman–Crippen MR) is 81.4 cm³/mol. The highest BCUT2D eigenvalue weighted by Crippen LogP contribution is 2.24. The van der Waals surface area contributed by atoms with Gasteiger partial charge in [-0.2, -0.15) is 0 Å². The highest BCUT2D eigenvalue weighted by molar-refractivity contribution is 7.99. The predicted octanol–water partition coefficient (Wildman–Crippen LogP) is 1.35. The van der Waals surface area contributed by atoms with Gasteiger partial charge >= 0.3 is 0 Å². The maximum Gasteiger partial charge on any atom is 0.267 e. The van der Waals surface area contributed by atoms with E-state index in [0.29, 0.717) is 23.3 Å². The van der Waals surface area contributed by atoms with E-state index in [-0.39, 0.29) is 24.9 Å². The highest BCUT2D eigenvalue weighted by atomic mass is 32.2. The monoisotopic (exact) mass is 356 g/mol. The number of hydrogen-bond acceptors (Lipinski definition) is 6. The summed E-state index contributed by atoms with van der Waals surface area (Å²) in [7, 11) is 1.44. The average molecular weight is 356 g/mol. The molecule has 0 unspecified atom stereocenters. The van der Waals surface area contributed by atoms with Crippen LogP contribution in [0.4, 0.5) is 8.78 Å². The van der Waals surface area contributed by atoms with E-state index in [2.05, 4.69) is 10.2 Å². The molecule has 0 bridgehead atoms. The van der Waals surface area contributed by atoms with Crippen molar-refractivity contribution in [2.75, 3.05) is 31.0 Å². The van der Waals surface area contributed by atoms with Crippen molar-refractivity contribution >= 4 is 17.7 Å². The Morgan fingerprint density at radius 2 is 2.21 bits per heavy atom. The Kier molecular flexibility index (Phi) is 4.95. The van der Waals surface area contributed by atoms with Crippen LogP contribution in [-0.2, 0) is 16.1 Å². The van der Waals surface area contributed by atoms with Crippen LogP contribution in [0.15, 0.2) is 23.4 Å². The third-order valence-corrected chi connectivity index (χ3v) is 4.16.